The van der Waals surface area contributed by atoms with Crippen LogP contribution < -0.4 is 0 Å². The Labute approximate surface area is 138 Å². The van der Waals surface area contributed by atoms with Gasteiger partial charge in [0.25, 0.3) is 6.43 Å². The number of nitrogens with zero attached hydrogens (tertiary/aromatic N) is 3. The number of rotatable bonds is 6. The summed E-state index contributed by atoms with van der Waals surface area (Å²) >= 11 is 0. The Morgan fingerprint density at radius 2 is 1.92 bits per heavy atom. The van der Waals surface area contributed by atoms with Crippen molar-refractivity contribution in [2.24, 2.45) is 5.92 Å². The lowest BCUT2D eigenvalue weighted by Crippen LogP contribution is -2.40. The van der Waals surface area contributed by atoms with E-state index in [1.807, 2.05) is 0 Å². The number of likely N-dealkylation sites (tertiary alicyclic amines) is 1. The van der Waals surface area contributed by atoms with Crippen molar-refractivity contribution in [2.75, 3.05) is 13.1 Å². The molecule has 1 amide bonds. The molecule has 3 rings (SSSR count). The molecule has 2 fully saturated rings. The minimum absolute atomic E-state index is 0.0256. The summed E-state index contributed by atoms with van der Waals surface area (Å²) in [6.07, 6.45) is 0.714. The highest BCUT2D eigenvalue weighted by molar-refractivity contribution is 5.76. The third-order valence-corrected chi connectivity index (χ3v) is 4.76. The average molecular weight is 341 g/mol. The number of halogens is 2. The monoisotopic (exact) mass is 341 g/mol. The van der Waals surface area contributed by atoms with E-state index < -0.39 is 12.4 Å². The molecule has 1 aliphatic carbocycles. The molecular formula is C16H21F2N3O3. The van der Waals surface area contributed by atoms with E-state index in [0.717, 1.165) is 18.5 Å². The number of carboxylic acids is 1. The Morgan fingerprint density at radius 1 is 1.25 bits per heavy atom. The zero-order valence-corrected chi connectivity index (χ0v) is 13.3. The molecule has 0 atom stereocenters. The summed E-state index contributed by atoms with van der Waals surface area (Å²) in [5, 5.41) is 12.7. The maximum atomic E-state index is 12.9. The van der Waals surface area contributed by atoms with Gasteiger partial charge in [-0.05, 0) is 37.7 Å². The van der Waals surface area contributed by atoms with Crippen molar-refractivity contribution in [3.63, 3.8) is 0 Å². The Balaban J connectivity index is 1.60. The molecule has 0 spiro atoms. The molecule has 8 heteroatoms. The lowest BCUT2D eigenvalue weighted by molar-refractivity contribution is -0.138. The van der Waals surface area contributed by atoms with Crippen molar-refractivity contribution in [1.82, 2.24) is 14.7 Å². The molecule has 0 radical (unpaired) electrons. The second kappa shape index (κ2) is 6.86. The Hall–Kier alpha value is -1.99. The fourth-order valence-electron chi connectivity index (χ4n) is 3.25. The van der Waals surface area contributed by atoms with Gasteiger partial charge in [-0.25, -0.2) is 8.78 Å². The molecule has 0 aromatic carbocycles. The van der Waals surface area contributed by atoms with Crippen molar-refractivity contribution < 1.29 is 23.5 Å². The molecule has 6 nitrogen and oxygen atoms in total. The molecule has 1 saturated carbocycles. The summed E-state index contributed by atoms with van der Waals surface area (Å²) in [5.41, 5.74) is 0.448. The SMILES string of the molecule is O=C(O)CC1CCN(C(=O)Cn2nc(C(F)F)cc2C2CC2)CC1. The first-order chi connectivity index (χ1) is 11.4. The van der Waals surface area contributed by atoms with Crippen molar-refractivity contribution >= 4 is 11.9 Å². The Morgan fingerprint density at radius 3 is 2.46 bits per heavy atom. The van der Waals surface area contributed by atoms with E-state index in [1.165, 1.54) is 10.7 Å². The molecule has 1 N–H and O–H groups in total. The van der Waals surface area contributed by atoms with Crippen LogP contribution >= 0.6 is 0 Å². The topological polar surface area (TPSA) is 75.4 Å². The van der Waals surface area contributed by atoms with E-state index in [4.69, 9.17) is 5.11 Å². The molecule has 0 bridgehead atoms. The van der Waals surface area contributed by atoms with Crippen LogP contribution in [0.2, 0.25) is 0 Å². The van der Waals surface area contributed by atoms with Gasteiger partial charge in [0.1, 0.15) is 12.2 Å². The van der Waals surface area contributed by atoms with Gasteiger partial charge < -0.3 is 10.0 Å². The predicted octanol–water partition coefficient (Wildman–Crippen LogP) is 2.41. The lowest BCUT2D eigenvalue weighted by atomic mass is 9.93. The molecule has 1 saturated heterocycles. The Kier molecular flexibility index (Phi) is 4.82. The van der Waals surface area contributed by atoms with Gasteiger partial charge in [0.05, 0.1) is 0 Å². The van der Waals surface area contributed by atoms with Crippen LogP contribution in [0.4, 0.5) is 8.78 Å². The molecule has 132 valence electrons. The summed E-state index contributed by atoms with van der Waals surface area (Å²) in [6.45, 7) is 0.999. The van der Waals surface area contributed by atoms with Crippen LogP contribution in [0.1, 0.15) is 55.8 Å². The number of amides is 1. The number of carbonyl (C=O) groups is 2. The van der Waals surface area contributed by atoms with Gasteiger partial charge in [0.2, 0.25) is 5.91 Å². The van der Waals surface area contributed by atoms with E-state index in [9.17, 15) is 18.4 Å². The molecule has 1 aliphatic heterocycles. The van der Waals surface area contributed by atoms with Gasteiger partial charge in [-0.1, -0.05) is 0 Å². The standard InChI is InChI=1S/C16H21F2N3O3/c17-16(18)12-8-13(11-1-2-11)21(19-12)9-14(22)20-5-3-10(4-6-20)7-15(23)24/h8,10-11,16H,1-7,9H2,(H,23,24). The third-order valence-electron chi connectivity index (χ3n) is 4.76. The zero-order valence-electron chi connectivity index (χ0n) is 13.3. The van der Waals surface area contributed by atoms with Gasteiger partial charge in [0.15, 0.2) is 0 Å². The maximum absolute atomic E-state index is 12.9. The normalized spacial score (nSPS) is 19.0. The maximum Gasteiger partial charge on any atom is 0.303 e. The minimum Gasteiger partial charge on any atom is -0.481 e. The van der Waals surface area contributed by atoms with Crippen LogP contribution in [0, 0.1) is 5.92 Å². The summed E-state index contributed by atoms with van der Waals surface area (Å²) in [5.74, 6) is -0.623. The van der Waals surface area contributed by atoms with Crippen LogP contribution in [0.5, 0.6) is 0 Å². The number of hydrogen-bond acceptors (Lipinski definition) is 3. The van der Waals surface area contributed by atoms with E-state index in [0.29, 0.717) is 25.9 Å². The smallest absolute Gasteiger partial charge is 0.303 e. The minimum atomic E-state index is -2.63. The second-order valence-corrected chi connectivity index (χ2v) is 6.65. The first-order valence-electron chi connectivity index (χ1n) is 8.29. The third kappa shape index (κ3) is 3.91. The number of hydrogen-bond donors (Lipinski definition) is 1. The molecule has 0 unspecified atom stereocenters. The van der Waals surface area contributed by atoms with Crippen LogP contribution in [-0.2, 0) is 16.1 Å². The van der Waals surface area contributed by atoms with Gasteiger partial charge in [-0.3, -0.25) is 14.3 Å². The lowest BCUT2D eigenvalue weighted by Gasteiger charge is -2.31. The van der Waals surface area contributed by atoms with Crippen LogP contribution in [0.15, 0.2) is 6.07 Å². The Bertz CT molecular complexity index is 620. The second-order valence-electron chi connectivity index (χ2n) is 6.65. The fourth-order valence-corrected chi connectivity index (χ4v) is 3.25. The quantitative estimate of drug-likeness (QED) is 0.862. The average Bonchev–Trinajstić information content (AvgIpc) is 3.28. The number of carboxylic acid groups (broad SMARTS) is 1. The molecule has 1 aromatic heterocycles. The van der Waals surface area contributed by atoms with Crippen molar-refractivity contribution in [1.29, 1.82) is 0 Å². The number of aliphatic carboxylic acids is 1. The number of alkyl halides is 2. The fraction of sp³-hybridized carbons (Fsp3) is 0.688. The van der Waals surface area contributed by atoms with Gasteiger partial charge >= 0.3 is 5.97 Å². The van der Waals surface area contributed by atoms with Crippen LogP contribution in [0.25, 0.3) is 0 Å². The van der Waals surface area contributed by atoms with Crippen molar-refractivity contribution in [2.45, 2.75) is 51.0 Å². The predicted molar refractivity (Wildman–Crippen MR) is 80.7 cm³/mol. The van der Waals surface area contributed by atoms with Gasteiger partial charge in [-0.2, -0.15) is 5.10 Å². The first kappa shape index (κ1) is 16.9. The number of carbonyl (C=O) groups excluding carboxylic acids is 1. The van der Waals surface area contributed by atoms with E-state index in [-0.39, 0.29) is 36.4 Å². The summed E-state index contributed by atoms with van der Waals surface area (Å²) < 4.78 is 27.2. The van der Waals surface area contributed by atoms with Crippen molar-refractivity contribution in [3.8, 4) is 0 Å². The summed E-state index contributed by atoms with van der Waals surface area (Å²) in [6, 6.07) is 1.41. The molecule has 2 aliphatic rings. The van der Waals surface area contributed by atoms with Gasteiger partial charge in [-0.15, -0.1) is 0 Å². The highest BCUT2D eigenvalue weighted by Gasteiger charge is 2.31. The zero-order chi connectivity index (χ0) is 17.3. The molecular weight excluding hydrogens is 320 g/mol. The largest absolute Gasteiger partial charge is 0.481 e. The first-order valence-corrected chi connectivity index (χ1v) is 8.29. The van der Waals surface area contributed by atoms with Crippen LogP contribution in [0.3, 0.4) is 0 Å². The van der Waals surface area contributed by atoms with E-state index >= 15 is 0 Å². The summed E-state index contributed by atoms with van der Waals surface area (Å²) in [4.78, 5) is 24.8. The van der Waals surface area contributed by atoms with Crippen LogP contribution in [-0.4, -0.2) is 44.8 Å². The van der Waals surface area contributed by atoms with Gasteiger partial charge in [0, 0.05) is 31.1 Å². The summed E-state index contributed by atoms with van der Waals surface area (Å²) in [7, 11) is 0. The molecule has 24 heavy (non-hydrogen) atoms. The highest BCUT2D eigenvalue weighted by Crippen LogP contribution is 2.41. The number of piperidine rings is 1. The molecule has 1 aromatic rings. The van der Waals surface area contributed by atoms with Crippen molar-refractivity contribution in [3.05, 3.63) is 17.5 Å². The van der Waals surface area contributed by atoms with E-state index in [1.54, 1.807) is 4.90 Å². The molecule has 2 heterocycles. The number of aromatic nitrogens is 2. The highest BCUT2D eigenvalue weighted by atomic mass is 19.3. The van der Waals surface area contributed by atoms with E-state index in [2.05, 4.69) is 5.10 Å².